The molecule has 138 valence electrons. The van der Waals surface area contributed by atoms with Crippen molar-refractivity contribution in [2.24, 2.45) is 0 Å². The second kappa shape index (κ2) is 7.45. The number of carbonyl (C=O) groups is 1. The van der Waals surface area contributed by atoms with Crippen LogP contribution in [0.5, 0.6) is 0 Å². The summed E-state index contributed by atoms with van der Waals surface area (Å²) in [6.45, 7) is 2.07. The molecule has 3 rings (SSSR count). The van der Waals surface area contributed by atoms with Gasteiger partial charge in [-0.15, -0.1) is 0 Å². The Bertz CT molecular complexity index is 1060. The van der Waals surface area contributed by atoms with Crippen molar-refractivity contribution in [3.63, 3.8) is 0 Å². The zero-order valence-corrected chi connectivity index (χ0v) is 14.2. The highest BCUT2D eigenvalue weighted by molar-refractivity contribution is 6.02. The third-order valence-corrected chi connectivity index (χ3v) is 3.84. The van der Waals surface area contributed by atoms with Crippen LogP contribution in [0.15, 0.2) is 53.3 Å². The number of hydrogen-bond acceptors (Lipinski definition) is 3. The number of benzene rings is 2. The van der Waals surface area contributed by atoms with Gasteiger partial charge in [-0.3, -0.25) is 9.59 Å². The molecule has 0 bridgehead atoms. The SMILES string of the molecule is Cc1ccc(Cn2nc(C(=O)Nc3ccc(F)c(F)c3F)ccc2=O)cc1. The van der Waals surface area contributed by atoms with Crippen molar-refractivity contribution in [3.05, 3.63) is 93.2 Å². The first-order valence-corrected chi connectivity index (χ1v) is 7.93. The van der Waals surface area contributed by atoms with E-state index in [0.29, 0.717) is 6.07 Å². The van der Waals surface area contributed by atoms with Gasteiger partial charge in [0, 0.05) is 6.07 Å². The predicted octanol–water partition coefficient (Wildman–Crippen LogP) is 3.27. The Morgan fingerprint density at radius 2 is 1.70 bits per heavy atom. The van der Waals surface area contributed by atoms with E-state index in [4.69, 9.17) is 0 Å². The standard InChI is InChI=1S/C19H14F3N3O2/c1-11-2-4-12(5-3-11)10-25-16(26)9-8-15(24-25)19(27)23-14-7-6-13(20)17(21)18(14)22/h2-9H,10H2,1H3,(H,23,27). The van der Waals surface area contributed by atoms with E-state index in [0.717, 1.165) is 27.9 Å². The molecule has 0 spiro atoms. The molecule has 8 heteroatoms. The maximum absolute atomic E-state index is 13.7. The molecule has 1 N–H and O–H groups in total. The fourth-order valence-electron chi connectivity index (χ4n) is 2.36. The van der Waals surface area contributed by atoms with E-state index in [-0.39, 0.29) is 12.2 Å². The highest BCUT2D eigenvalue weighted by Gasteiger charge is 2.17. The monoisotopic (exact) mass is 373 g/mol. The third-order valence-electron chi connectivity index (χ3n) is 3.84. The van der Waals surface area contributed by atoms with Crippen LogP contribution >= 0.6 is 0 Å². The van der Waals surface area contributed by atoms with E-state index in [1.54, 1.807) is 0 Å². The Kier molecular flexibility index (Phi) is 5.07. The smallest absolute Gasteiger partial charge is 0.276 e. The number of aryl methyl sites for hydroxylation is 1. The van der Waals surface area contributed by atoms with Crippen LogP contribution in [-0.4, -0.2) is 15.7 Å². The molecule has 0 aliphatic carbocycles. The second-order valence-corrected chi connectivity index (χ2v) is 5.88. The van der Waals surface area contributed by atoms with Gasteiger partial charge in [0.2, 0.25) is 0 Å². The molecule has 0 saturated carbocycles. The highest BCUT2D eigenvalue weighted by Crippen LogP contribution is 2.20. The lowest BCUT2D eigenvalue weighted by atomic mass is 10.1. The van der Waals surface area contributed by atoms with Crippen molar-refractivity contribution >= 4 is 11.6 Å². The summed E-state index contributed by atoms with van der Waals surface area (Å²) in [7, 11) is 0. The van der Waals surface area contributed by atoms with E-state index in [1.165, 1.54) is 6.07 Å². The number of nitrogens with one attached hydrogen (secondary N) is 1. The van der Waals surface area contributed by atoms with E-state index < -0.39 is 34.6 Å². The fourth-order valence-corrected chi connectivity index (χ4v) is 2.36. The molecule has 2 aromatic carbocycles. The normalized spacial score (nSPS) is 10.7. The summed E-state index contributed by atoms with van der Waals surface area (Å²) in [6, 6.07) is 11.3. The molecule has 1 aromatic heterocycles. The molecule has 1 amide bonds. The van der Waals surface area contributed by atoms with Gasteiger partial charge in [0.15, 0.2) is 17.5 Å². The van der Waals surface area contributed by atoms with Gasteiger partial charge in [-0.05, 0) is 30.7 Å². The molecule has 0 aliphatic heterocycles. The molecule has 0 aliphatic rings. The molecular formula is C19H14F3N3O2. The Labute approximate surface area is 152 Å². The molecular weight excluding hydrogens is 359 g/mol. The minimum Gasteiger partial charge on any atom is -0.318 e. The van der Waals surface area contributed by atoms with Crippen LogP contribution in [0.2, 0.25) is 0 Å². The number of hydrogen-bond donors (Lipinski definition) is 1. The maximum Gasteiger partial charge on any atom is 0.276 e. The first-order chi connectivity index (χ1) is 12.8. The van der Waals surface area contributed by atoms with E-state index in [2.05, 4.69) is 10.4 Å². The van der Waals surface area contributed by atoms with Crippen molar-refractivity contribution in [1.29, 1.82) is 0 Å². The molecule has 5 nitrogen and oxygen atoms in total. The van der Waals surface area contributed by atoms with E-state index >= 15 is 0 Å². The van der Waals surface area contributed by atoms with E-state index in [1.807, 2.05) is 31.2 Å². The van der Waals surface area contributed by atoms with Crippen LogP contribution in [-0.2, 0) is 6.54 Å². The number of halogens is 3. The average Bonchev–Trinajstić information content (AvgIpc) is 2.65. The summed E-state index contributed by atoms with van der Waals surface area (Å²) in [5, 5.41) is 6.07. The van der Waals surface area contributed by atoms with E-state index in [9.17, 15) is 22.8 Å². The Hall–Kier alpha value is -3.42. The molecule has 0 unspecified atom stereocenters. The number of rotatable bonds is 4. The van der Waals surface area contributed by atoms with Gasteiger partial charge in [-0.1, -0.05) is 29.8 Å². The van der Waals surface area contributed by atoms with Gasteiger partial charge in [0.1, 0.15) is 5.69 Å². The largest absolute Gasteiger partial charge is 0.318 e. The van der Waals surface area contributed by atoms with Crippen molar-refractivity contribution in [3.8, 4) is 0 Å². The van der Waals surface area contributed by atoms with Crippen molar-refractivity contribution in [1.82, 2.24) is 9.78 Å². The van der Waals surface area contributed by atoms with Crippen LogP contribution in [0.25, 0.3) is 0 Å². The quantitative estimate of drug-likeness (QED) is 0.714. The molecule has 3 aromatic rings. The van der Waals surface area contributed by atoms with Crippen LogP contribution < -0.4 is 10.9 Å². The maximum atomic E-state index is 13.7. The van der Waals surface area contributed by atoms with Gasteiger partial charge in [0.25, 0.3) is 11.5 Å². The molecule has 0 radical (unpaired) electrons. The fraction of sp³-hybridized carbons (Fsp3) is 0.105. The minimum absolute atomic E-state index is 0.139. The lowest BCUT2D eigenvalue weighted by Gasteiger charge is -2.09. The number of anilines is 1. The minimum atomic E-state index is -1.69. The summed E-state index contributed by atoms with van der Waals surface area (Å²) < 4.78 is 41.0. The average molecular weight is 373 g/mol. The Morgan fingerprint density at radius 1 is 1.00 bits per heavy atom. The summed E-state index contributed by atoms with van der Waals surface area (Å²) in [5.74, 6) is -5.44. The van der Waals surface area contributed by atoms with Crippen molar-refractivity contribution < 1.29 is 18.0 Å². The predicted molar refractivity (Wildman–Crippen MR) is 93.0 cm³/mol. The van der Waals surface area contributed by atoms with Crippen LogP contribution in [0.3, 0.4) is 0 Å². The zero-order chi connectivity index (χ0) is 19.6. The number of aromatic nitrogens is 2. The summed E-state index contributed by atoms with van der Waals surface area (Å²) in [6.07, 6.45) is 0. The third kappa shape index (κ3) is 4.05. The highest BCUT2D eigenvalue weighted by atomic mass is 19.2. The van der Waals surface area contributed by atoms with Crippen LogP contribution in [0.4, 0.5) is 18.9 Å². The van der Waals surface area contributed by atoms with Crippen molar-refractivity contribution in [2.75, 3.05) is 5.32 Å². The van der Waals surface area contributed by atoms with Gasteiger partial charge < -0.3 is 5.32 Å². The van der Waals surface area contributed by atoms with Crippen LogP contribution in [0, 0.1) is 24.4 Å². The Balaban J connectivity index is 1.85. The molecule has 0 fully saturated rings. The number of carbonyl (C=O) groups excluding carboxylic acids is 1. The first kappa shape index (κ1) is 18.4. The van der Waals surface area contributed by atoms with Gasteiger partial charge in [-0.2, -0.15) is 5.10 Å². The molecule has 0 atom stereocenters. The topological polar surface area (TPSA) is 64.0 Å². The van der Waals surface area contributed by atoms with Gasteiger partial charge in [0.05, 0.1) is 12.2 Å². The zero-order valence-electron chi connectivity index (χ0n) is 14.2. The lowest BCUT2D eigenvalue weighted by molar-refractivity contribution is 0.101. The Morgan fingerprint density at radius 3 is 2.41 bits per heavy atom. The molecule has 1 heterocycles. The first-order valence-electron chi connectivity index (χ1n) is 7.93. The summed E-state index contributed by atoms with van der Waals surface area (Å²) in [5.41, 5.74) is 0.731. The van der Waals surface area contributed by atoms with Gasteiger partial charge in [-0.25, -0.2) is 17.9 Å². The van der Waals surface area contributed by atoms with Crippen LogP contribution in [0.1, 0.15) is 21.6 Å². The van der Waals surface area contributed by atoms with Crippen molar-refractivity contribution in [2.45, 2.75) is 13.5 Å². The molecule has 27 heavy (non-hydrogen) atoms. The summed E-state index contributed by atoms with van der Waals surface area (Å²) in [4.78, 5) is 24.2. The number of amides is 1. The summed E-state index contributed by atoms with van der Waals surface area (Å²) >= 11 is 0. The number of nitrogens with zero attached hydrogens (tertiary/aromatic N) is 2. The molecule has 0 saturated heterocycles. The second-order valence-electron chi connectivity index (χ2n) is 5.88. The van der Waals surface area contributed by atoms with Gasteiger partial charge >= 0.3 is 0 Å². The lowest BCUT2D eigenvalue weighted by Crippen LogP contribution is -2.26.